The van der Waals surface area contributed by atoms with Gasteiger partial charge in [0.1, 0.15) is 17.2 Å². The second-order valence-electron chi connectivity index (χ2n) is 10.1. The minimum atomic E-state index is -3.64. The Morgan fingerprint density at radius 3 is 2.49 bits per heavy atom. The van der Waals surface area contributed by atoms with Gasteiger partial charge in [0.05, 0.1) is 6.04 Å². The van der Waals surface area contributed by atoms with Crippen molar-refractivity contribution < 1.29 is 22.7 Å². The molecule has 3 fully saturated rings. The van der Waals surface area contributed by atoms with E-state index in [2.05, 4.69) is 4.90 Å². The molecule has 2 aromatic carbocycles. The highest BCUT2D eigenvalue weighted by Gasteiger charge is 2.46. The largest absolute Gasteiger partial charge is 0.384 e. The summed E-state index contributed by atoms with van der Waals surface area (Å²) >= 11 is 0. The summed E-state index contributed by atoms with van der Waals surface area (Å²) in [7, 11) is -3.64. The fourth-order valence-corrected chi connectivity index (χ4v) is 8.04. The Bertz CT molecular complexity index is 1210. The van der Waals surface area contributed by atoms with Gasteiger partial charge >= 0.3 is 0 Å². The highest BCUT2D eigenvalue weighted by atomic mass is 32.2. The van der Waals surface area contributed by atoms with Crippen LogP contribution in [0.15, 0.2) is 48.5 Å². The van der Waals surface area contributed by atoms with E-state index in [9.17, 15) is 18.3 Å². The van der Waals surface area contributed by atoms with Crippen LogP contribution >= 0.6 is 0 Å². The highest BCUT2D eigenvalue weighted by Crippen LogP contribution is 2.39. The van der Waals surface area contributed by atoms with Gasteiger partial charge in [-0.05, 0) is 50.8 Å². The normalized spacial score (nSPS) is 28.9. The van der Waals surface area contributed by atoms with E-state index in [0.717, 1.165) is 24.1 Å². The Labute approximate surface area is 206 Å². The van der Waals surface area contributed by atoms with Crippen LogP contribution in [0.1, 0.15) is 49.5 Å². The lowest BCUT2D eigenvalue weighted by Gasteiger charge is -2.38. The lowest BCUT2D eigenvalue weighted by Crippen LogP contribution is -2.51. The van der Waals surface area contributed by atoms with Crippen molar-refractivity contribution in [3.05, 3.63) is 65.5 Å². The van der Waals surface area contributed by atoms with E-state index < -0.39 is 27.2 Å². The fraction of sp³-hybridized carbons (Fsp3) is 0.500. The summed E-state index contributed by atoms with van der Waals surface area (Å²) in [6, 6.07) is 14.1. The number of rotatable bonds is 5. The van der Waals surface area contributed by atoms with Gasteiger partial charge in [-0.2, -0.15) is 4.31 Å². The number of nitrogens with zero attached hydrogens (tertiary/aromatic N) is 3. The predicted molar refractivity (Wildman–Crippen MR) is 132 cm³/mol. The van der Waals surface area contributed by atoms with Crippen LogP contribution < -0.4 is 4.90 Å². The predicted octanol–water partition coefficient (Wildman–Crippen LogP) is 3.05. The van der Waals surface area contributed by atoms with Gasteiger partial charge in [-0.3, -0.25) is 4.79 Å². The number of aliphatic hydroxyl groups excluding tert-OH is 1. The number of benzene rings is 2. The Morgan fingerprint density at radius 1 is 1.11 bits per heavy atom. The first-order valence-corrected chi connectivity index (χ1v) is 13.8. The van der Waals surface area contributed by atoms with Gasteiger partial charge in [-0.15, -0.1) is 0 Å². The molecule has 1 N–H and O–H groups in total. The molecule has 0 aromatic heterocycles. The van der Waals surface area contributed by atoms with E-state index >= 15 is 4.39 Å². The highest BCUT2D eigenvalue weighted by molar-refractivity contribution is 7.89. The maximum Gasteiger partial charge on any atom is 0.251 e. The molecule has 2 aromatic rings. The summed E-state index contributed by atoms with van der Waals surface area (Å²) in [5.41, 5.74) is 1.86. The fourth-order valence-electron chi connectivity index (χ4n) is 5.86. The van der Waals surface area contributed by atoms with Crippen LogP contribution in [0.5, 0.6) is 0 Å². The maximum atomic E-state index is 15.3. The minimum absolute atomic E-state index is 0.00166. The topological polar surface area (TPSA) is 81.2 Å². The smallest absolute Gasteiger partial charge is 0.251 e. The van der Waals surface area contributed by atoms with Gasteiger partial charge in [0.15, 0.2) is 0 Å². The molecule has 3 heterocycles. The lowest BCUT2D eigenvalue weighted by molar-refractivity contribution is -0.140. The Hall–Kier alpha value is -2.49. The average Bonchev–Trinajstić information content (AvgIpc) is 3.43. The number of carbonyl (C=O) groups is 1. The SMILES string of the molecule is CC(O)C(=O)N1C[C@H]2C[C@@H]1CN2c1ccc(CN2C(C)CCC(c3ccccc3)S2(=O)=O)c(F)c1. The molecule has 5 rings (SSSR count). The third-order valence-electron chi connectivity index (χ3n) is 7.77. The van der Waals surface area contributed by atoms with E-state index in [1.54, 1.807) is 11.0 Å². The van der Waals surface area contributed by atoms with Gasteiger partial charge in [0, 0.05) is 43.0 Å². The van der Waals surface area contributed by atoms with E-state index in [1.807, 2.05) is 43.3 Å². The molecular weight excluding hydrogens is 469 g/mol. The average molecular weight is 502 g/mol. The molecule has 3 saturated heterocycles. The zero-order chi connectivity index (χ0) is 24.9. The molecule has 0 aliphatic carbocycles. The monoisotopic (exact) mass is 501 g/mol. The van der Waals surface area contributed by atoms with Gasteiger partial charge in [-0.1, -0.05) is 36.4 Å². The van der Waals surface area contributed by atoms with Crippen molar-refractivity contribution in [3.63, 3.8) is 0 Å². The number of carbonyl (C=O) groups excluding carboxylic acids is 1. The van der Waals surface area contributed by atoms with E-state index in [0.29, 0.717) is 25.1 Å². The quantitative estimate of drug-likeness (QED) is 0.681. The molecule has 9 heteroatoms. The number of aliphatic hydroxyl groups is 1. The number of sulfonamides is 1. The molecule has 7 nitrogen and oxygen atoms in total. The zero-order valence-corrected chi connectivity index (χ0v) is 20.9. The van der Waals surface area contributed by atoms with Crippen LogP contribution in [0.4, 0.5) is 10.1 Å². The van der Waals surface area contributed by atoms with Gasteiger partial charge in [0.2, 0.25) is 10.0 Å². The third-order valence-corrected chi connectivity index (χ3v) is 10.1. The van der Waals surface area contributed by atoms with E-state index in [4.69, 9.17) is 0 Å². The van der Waals surface area contributed by atoms with Crippen molar-refractivity contribution in [2.24, 2.45) is 0 Å². The summed E-state index contributed by atoms with van der Waals surface area (Å²) in [4.78, 5) is 16.0. The Kier molecular flexibility index (Phi) is 6.35. The van der Waals surface area contributed by atoms with Gasteiger partial charge < -0.3 is 14.9 Å². The van der Waals surface area contributed by atoms with Crippen LogP contribution in [-0.4, -0.2) is 66.0 Å². The first-order valence-electron chi connectivity index (χ1n) is 12.3. The van der Waals surface area contributed by atoms with Crippen LogP contribution in [0.25, 0.3) is 0 Å². The van der Waals surface area contributed by atoms with Crippen molar-refractivity contribution in [1.82, 2.24) is 9.21 Å². The Balaban J connectivity index is 1.32. The molecule has 0 radical (unpaired) electrons. The van der Waals surface area contributed by atoms with Gasteiger partial charge in [0.25, 0.3) is 5.91 Å². The first kappa shape index (κ1) is 24.2. The summed E-state index contributed by atoms with van der Waals surface area (Å²) in [5.74, 6) is -0.684. The molecule has 3 aliphatic heterocycles. The molecule has 0 saturated carbocycles. The van der Waals surface area contributed by atoms with Crippen molar-refractivity contribution in [2.45, 2.75) is 69.1 Å². The number of halogens is 1. The molecule has 3 unspecified atom stereocenters. The van der Waals surface area contributed by atoms with E-state index in [-0.39, 0.29) is 30.6 Å². The third kappa shape index (κ3) is 4.34. The molecule has 35 heavy (non-hydrogen) atoms. The zero-order valence-electron chi connectivity index (χ0n) is 20.0. The molecule has 1 amide bonds. The molecule has 2 bridgehead atoms. The van der Waals surface area contributed by atoms with Crippen molar-refractivity contribution in [1.29, 1.82) is 0 Å². The van der Waals surface area contributed by atoms with Crippen molar-refractivity contribution in [3.8, 4) is 0 Å². The maximum absolute atomic E-state index is 15.3. The van der Waals surface area contributed by atoms with Gasteiger partial charge in [-0.25, -0.2) is 12.8 Å². The van der Waals surface area contributed by atoms with Crippen LogP contribution in [-0.2, 0) is 21.4 Å². The van der Waals surface area contributed by atoms with Crippen molar-refractivity contribution in [2.75, 3.05) is 18.0 Å². The van der Waals surface area contributed by atoms with E-state index in [1.165, 1.54) is 17.3 Å². The van der Waals surface area contributed by atoms with Crippen LogP contribution in [0.3, 0.4) is 0 Å². The molecule has 3 aliphatic rings. The standard InChI is InChI=1S/C26H32FN3O4S/c1-17-8-11-25(19-6-4-3-5-7-19)35(33,34)30(17)14-20-9-10-21(13-24(20)27)28-15-23-12-22(28)16-29(23)26(32)18(2)31/h3-7,9-10,13,17-18,22-23,25,31H,8,11-12,14-16H2,1-2H3/t17?,18?,22-,23-,25?/m1/s1. The lowest BCUT2D eigenvalue weighted by atomic mass is 10.0. The molecule has 5 atom stereocenters. The number of hydrogen-bond donors (Lipinski definition) is 1. The molecule has 188 valence electrons. The second kappa shape index (κ2) is 9.19. The van der Waals surface area contributed by atoms with Crippen molar-refractivity contribution >= 4 is 21.6 Å². The summed E-state index contributed by atoms with van der Waals surface area (Å²) in [5, 5.41) is 9.01. The van der Waals surface area contributed by atoms with Crippen LogP contribution in [0.2, 0.25) is 0 Å². The number of likely N-dealkylation sites (tertiary alicyclic amines) is 1. The summed E-state index contributed by atoms with van der Waals surface area (Å²) in [6.45, 7) is 4.47. The summed E-state index contributed by atoms with van der Waals surface area (Å²) in [6.07, 6.45) is 1.05. The number of fused-ring (bicyclic) bond motifs is 2. The number of anilines is 1. The van der Waals surface area contributed by atoms with Crippen LogP contribution in [0, 0.1) is 5.82 Å². The first-order chi connectivity index (χ1) is 16.7. The Morgan fingerprint density at radius 2 is 1.86 bits per heavy atom. The molecular formula is C26H32FN3O4S. The molecule has 0 spiro atoms. The summed E-state index contributed by atoms with van der Waals surface area (Å²) < 4.78 is 43.7. The number of piperazine rings is 1. The second-order valence-corrected chi connectivity index (χ2v) is 12.1. The number of hydrogen-bond acceptors (Lipinski definition) is 5. The number of amides is 1. The minimum Gasteiger partial charge on any atom is -0.384 e.